The van der Waals surface area contributed by atoms with Crippen LogP contribution in [0.5, 0.6) is 0 Å². The molecule has 0 saturated carbocycles. The van der Waals surface area contributed by atoms with Gasteiger partial charge in [-0.25, -0.2) is 0 Å². The molecule has 0 fully saturated rings. The number of H-pyrrole nitrogens is 1. The van der Waals surface area contributed by atoms with E-state index in [2.05, 4.69) is 15.2 Å². The summed E-state index contributed by atoms with van der Waals surface area (Å²) in [5.41, 5.74) is 2.16. The van der Waals surface area contributed by atoms with Crippen molar-refractivity contribution in [2.75, 3.05) is 0 Å². The molecule has 0 aliphatic carbocycles. The number of fused-ring (bicyclic) bond motifs is 1. The summed E-state index contributed by atoms with van der Waals surface area (Å²) in [4.78, 5) is 23.0. The molecule has 0 saturated heterocycles. The molecule has 0 amide bonds. The molecule has 0 atom stereocenters. The topological polar surface area (TPSA) is 147 Å². The number of nitrogens with zero attached hydrogens (tertiary/aromatic N) is 3. The Labute approximate surface area is 169 Å². The molecule has 9 nitrogen and oxygen atoms in total. The molecule has 1 aromatic heterocycles. The summed E-state index contributed by atoms with van der Waals surface area (Å²) in [6.45, 7) is 1.83. The van der Waals surface area contributed by atoms with Crippen LogP contribution in [0, 0.1) is 22.2 Å². The maximum atomic E-state index is 12.0. The van der Waals surface area contributed by atoms with Gasteiger partial charge in [0, 0.05) is 11.4 Å². The predicted octanol–water partition coefficient (Wildman–Crippen LogP) is 1.74. The van der Waals surface area contributed by atoms with Gasteiger partial charge in [0.15, 0.2) is 0 Å². The molecule has 0 aliphatic heterocycles. The van der Waals surface area contributed by atoms with Gasteiger partial charge in [-0.15, -0.1) is 0 Å². The Morgan fingerprint density at radius 3 is 2.39 bits per heavy atom. The van der Waals surface area contributed by atoms with Crippen LogP contribution in [0.1, 0.15) is 16.7 Å². The Bertz CT molecular complexity index is 1070. The number of hydrogen-bond donors (Lipinski definition) is 1. The van der Waals surface area contributed by atoms with Gasteiger partial charge in [-0.3, -0.25) is 4.79 Å². The van der Waals surface area contributed by atoms with E-state index in [0.29, 0.717) is 11.1 Å². The first kappa shape index (κ1) is 22.6. The Balaban J connectivity index is 0.000000717. The van der Waals surface area contributed by atoms with E-state index < -0.39 is 11.0 Å². The van der Waals surface area contributed by atoms with Gasteiger partial charge in [-0.1, -0.05) is 42.5 Å². The summed E-state index contributed by atoms with van der Waals surface area (Å²) in [6, 6.07) is 16.3. The standard InChI is InChI=1S/C18H15N3O2.Cu.NO3/c1-12-6-2-4-8-15(12)18(23)21-19-11-14-10-13-7-3-5-9-16(13)20-17(14)22;;2-1(3)4/h2-11H,1H3,(H,20,22)(H,21,23);;/q;+2;-1/p-1/b19-11+;;. The Hall–Kier alpha value is -3.49. The van der Waals surface area contributed by atoms with Crippen LogP contribution in [-0.4, -0.2) is 22.2 Å². The zero-order valence-electron chi connectivity index (χ0n) is 14.5. The van der Waals surface area contributed by atoms with Crippen LogP contribution in [0.3, 0.4) is 0 Å². The third-order valence-corrected chi connectivity index (χ3v) is 3.50. The number of aryl methyl sites for hydroxylation is 1. The monoisotopic (exact) mass is 429 g/mol. The maximum absolute atomic E-state index is 12.0. The van der Waals surface area contributed by atoms with Crippen molar-refractivity contribution in [3.63, 3.8) is 0 Å². The molecule has 3 aromatic rings. The molecule has 28 heavy (non-hydrogen) atoms. The van der Waals surface area contributed by atoms with Crippen molar-refractivity contribution >= 4 is 23.0 Å². The number of rotatable bonds is 3. The largest absolute Gasteiger partial charge is 2.00 e. The van der Waals surface area contributed by atoms with Crippen molar-refractivity contribution < 1.29 is 27.3 Å². The maximum Gasteiger partial charge on any atom is 2.00 e. The number of aromatic nitrogens is 1. The van der Waals surface area contributed by atoms with Crippen LogP contribution >= 0.6 is 0 Å². The number of nitrogens with one attached hydrogen (secondary N) is 1. The van der Waals surface area contributed by atoms with Crippen LogP contribution in [0.2, 0.25) is 0 Å². The second-order valence-electron chi connectivity index (χ2n) is 5.33. The van der Waals surface area contributed by atoms with E-state index in [1.54, 1.807) is 18.2 Å². The van der Waals surface area contributed by atoms with Crippen molar-refractivity contribution in [2.45, 2.75) is 6.92 Å². The minimum atomic E-state index is -1.75. The summed E-state index contributed by atoms with van der Waals surface area (Å²) in [5, 5.41) is 35.0. The van der Waals surface area contributed by atoms with Crippen molar-refractivity contribution in [1.82, 2.24) is 4.98 Å². The Kier molecular flexibility index (Phi) is 8.54. The van der Waals surface area contributed by atoms with E-state index in [-0.39, 0.29) is 22.6 Å². The van der Waals surface area contributed by atoms with E-state index in [1.165, 1.54) is 6.21 Å². The van der Waals surface area contributed by atoms with Crippen molar-refractivity contribution in [2.24, 2.45) is 10.2 Å². The molecule has 0 bridgehead atoms. The van der Waals surface area contributed by atoms with Gasteiger partial charge in [-0.05, 0) is 35.6 Å². The average Bonchev–Trinajstić information content (AvgIpc) is 2.62. The first-order valence-corrected chi connectivity index (χ1v) is 7.66. The number of aromatic amines is 1. The number of hydrogen-bond acceptors (Lipinski definition) is 7. The fourth-order valence-electron chi connectivity index (χ4n) is 2.27. The minimum absolute atomic E-state index is 0. The van der Waals surface area contributed by atoms with Gasteiger partial charge >= 0.3 is 17.1 Å². The van der Waals surface area contributed by atoms with E-state index in [9.17, 15) is 9.90 Å². The SMILES string of the molecule is Cc1ccccc1/C([O-])=N/N=C/c1cc2ccccc2[nH]c1=O.O=[N+]([O-])[O-].[Cu+2]. The Morgan fingerprint density at radius 2 is 1.71 bits per heavy atom. The first-order chi connectivity index (χ1) is 12.9. The second kappa shape index (κ2) is 10.6. The second-order valence-corrected chi connectivity index (χ2v) is 5.33. The normalized spacial score (nSPS) is 10.8. The van der Waals surface area contributed by atoms with Crippen molar-refractivity contribution in [3.05, 3.63) is 97.0 Å². The van der Waals surface area contributed by atoms with E-state index in [0.717, 1.165) is 16.5 Å². The molecule has 0 unspecified atom stereocenters. The molecule has 1 radical (unpaired) electrons. The fraction of sp³-hybridized carbons (Fsp3) is 0.0556. The van der Waals surface area contributed by atoms with Crippen LogP contribution in [0.25, 0.3) is 10.9 Å². The zero-order chi connectivity index (χ0) is 19.8. The third-order valence-electron chi connectivity index (χ3n) is 3.50. The van der Waals surface area contributed by atoms with Gasteiger partial charge in [0.1, 0.15) is 0 Å². The molecule has 3 rings (SSSR count). The predicted molar refractivity (Wildman–Crippen MR) is 100 cm³/mol. The number of para-hydroxylation sites is 1. The molecule has 147 valence electrons. The molecule has 1 heterocycles. The number of pyridine rings is 1. The van der Waals surface area contributed by atoms with E-state index >= 15 is 0 Å². The smallest absolute Gasteiger partial charge is 0.857 e. The van der Waals surface area contributed by atoms with Gasteiger partial charge < -0.3 is 25.4 Å². The molecular formula is C18H14CuN4O5. The zero-order valence-corrected chi connectivity index (χ0v) is 15.4. The molecule has 2 aromatic carbocycles. The molecule has 10 heteroatoms. The molecular weight excluding hydrogens is 416 g/mol. The summed E-state index contributed by atoms with van der Waals surface area (Å²) in [7, 11) is 0. The first-order valence-electron chi connectivity index (χ1n) is 7.66. The van der Waals surface area contributed by atoms with Crippen LogP contribution in [0.15, 0.2) is 69.6 Å². The Morgan fingerprint density at radius 1 is 1.11 bits per heavy atom. The summed E-state index contributed by atoms with van der Waals surface area (Å²) >= 11 is 0. The van der Waals surface area contributed by atoms with Gasteiger partial charge in [0.2, 0.25) is 0 Å². The van der Waals surface area contributed by atoms with Crippen molar-refractivity contribution in [1.29, 1.82) is 0 Å². The van der Waals surface area contributed by atoms with E-state index in [4.69, 9.17) is 15.3 Å². The van der Waals surface area contributed by atoms with Crippen LogP contribution in [-0.2, 0) is 17.1 Å². The van der Waals surface area contributed by atoms with Crippen LogP contribution in [0.4, 0.5) is 0 Å². The summed E-state index contributed by atoms with van der Waals surface area (Å²) in [5.74, 6) is -0.434. The van der Waals surface area contributed by atoms with Crippen molar-refractivity contribution in [3.8, 4) is 0 Å². The fourth-order valence-corrected chi connectivity index (χ4v) is 2.27. The van der Waals surface area contributed by atoms with Gasteiger partial charge in [-0.2, -0.15) is 10.2 Å². The summed E-state index contributed by atoms with van der Waals surface area (Å²) in [6.07, 6.45) is 1.29. The van der Waals surface area contributed by atoms with E-state index in [1.807, 2.05) is 43.3 Å². The molecule has 0 spiro atoms. The van der Waals surface area contributed by atoms with Gasteiger partial charge in [0.05, 0.1) is 16.9 Å². The average molecular weight is 430 g/mol. The minimum Gasteiger partial charge on any atom is -0.857 e. The molecule has 1 N–H and O–H groups in total. The quantitative estimate of drug-likeness (QED) is 0.221. The third kappa shape index (κ3) is 6.35. The number of benzene rings is 2. The van der Waals surface area contributed by atoms with Crippen LogP contribution < -0.4 is 10.7 Å². The van der Waals surface area contributed by atoms with Gasteiger partial charge in [0.25, 0.3) is 5.56 Å². The molecule has 0 aliphatic rings. The summed E-state index contributed by atoms with van der Waals surface area (Å²) < 4.78 is 0.